The van der Waals surface area contributed by atoms with Crippen LogP contribution in [-0.2, 0) is 25.4 Å². The van der Waals surface area contributed by atoms with Gasteiger partial charge in [-0.25, -0.2) is 9.97 Å². The zero-order chi connectivity index (χ0) is 19.2. The molecule has 0 aromatic carbocycles. The molecule has 7 nitrogen and oxygen atoms in total. The molecule has 1 N–H and O–H groups in total. The van der Waals surface area contributed by atoms with Crippen molar-refractivity contribution in [3.63, 3.8) is 0 Å². The van der Waals surface area contributed by atoms with E-state index in [4.69, 9.17) is 4.98 Å². The molecule has 0 radical (unpaired) electrons. The Bertz CT molecular complexity index is 860. The zero-order valence-corrected chi connectivity index (χ0v) is 16.6. The molecule has 27 heavy (non-hydrogen) atoms. The Hall–Kier alpha value is -2.28. The maximum atomic E-state index is 13.1. The van der Waals surface area contributed by atoms with E-state index < -0.39 is 0 Å². The average molecular weight is 368 g/mol. The van der Waals surface area contributed by atoms with Crippen molar-refractivity contribution in [1.82, 2.24) is 30.0 Å². The molecule has 144 valence electrons. The Morgan fingerprint density at radius 3 is 2.81 bits per heavy atom. The fourth-order valence-corrected chi connectivity index (χ4v) is 3.77. The Kier molecular flexibility index (Phi) is 4.50. The summed E-state index contributed by atoms with van der Waals surface area (Å²) in [6.45, 7) is 9.56. The van der Waals surface area contributed by atoms with Gasteiger partial charge in [-0.15, -0.1) is 0 Å². The van der Waals surface area contributed by atoms with Gasteiger partial charge in [0.15, 0.2) is 0 Å². The molecule has 2 aliphatic heterocycles. The Morgan fingerprint density at radius 1 is 1.33 bits per heavy atom. The van der Waals surface area contributed by atoms with Gasteiger partial charge in [0, 0.05) is 56.2 Å². The fraction of sp³-hybridized carbons (Fsp3) is 0.600. The number of fused-ring (bicyclic) bond motifs is 1. The van der Waals surface area contributed by atoms with E-state index in [1.54, 1.807) is 4.68 Å². The predicted octanol–water partition coefficient (Wildman–Crippen LogP) is 1.78. The Balaban J connectivity index is 1.52. The normalized spacial score (nSPS) is 20.0. The molecule has 0 saturated carbocycles. The molecule has 2 aromatic rings. The first kappa shape index (κ1) is 18.1. The van der Waals surface area contributed by atoms with Gasteiger partial charge in [0.25, 0.3) is 5.91 Å². The highest BCUT2D eigenvalue weighted by atomic mass is 16.2. The van der Waals surface area contributed by atoms with Crippen molar-refractivity contribution in [2.45, 2.75) is 51.5 Å². The number of rotatable bonds is 2. The average Bonchev–Trinajstić information content (AvgIpc) is 3.29. The van der Waals surface area contributed by atoms with E-state index in [-0.39, 0.29) is 11.3 Å². The summed E-state index contributed by atoms with van der Waals surface area (Å²) in [5.41, 5.74) is 3.64. The summed E-state index contributed by atoms with van der Waals surface area (Å²) in [4.78, 5) is 24.3. The Morgan fingerprint density at radius 2 is 2.15 bits per heavy atom. The van der Waals surface area contributed by atoms with Crippen molar-refractivity contribution < 1.29 is 4.79 Å². The third-order valence-corrected chi connectivity index (χ3v) is 5.53. The highest BCUT2D eigenvalue weighted by molar-refractivity contribution is 5.92. The van der Waals surface area contributed by atoms with Crippen molar-refractivity contribution in [2.24, 2.45) is 7.05 Å². The first-order chi connectivity index (χ1) is 12.8. The maximum absolute atomic E-state index is 13.1. The number of hydrogen-bond donors (Lipinski definition) is 1. The van der Waals surface area contributed by atoms with E-state index in [1.807, 2.05) is 24.2 Å². The number of aromatic nitrogens is 4. The SMILES string of the molecule is Cn1nc(C(C)(C)C)cc1C(=O)N1CCc2nc([C@@H]3CCNC3)ncc2C1. The lowest BCUT2D eigenvalue weighted by Gasteiger charge is -2.28. The van der Waals surface area contributed by atoms with Crippen molar-refractivity contribution in [3.8, 4) is 0 Å². The highest BCUT2D eigenvalue weighted by Crippen LogP contribution is 2.25. The second-order valence-corrected chi connectivity index (χ2v) is 8.65. The van der Waals surface area contributed by atoms with Crippen LogP contribution in [-0.4, -0.2) is 50.2 Å². The van der Waals surface area contributed by atoms with Gasteiger partial charge in [0.05, 0.1) is 11.4 Å². The van der Waals surface area contributed by atoms with Crippen LogP contribution in [0, 0.1) is 0 Å². The van der Waals surface area contributed by atoms with Crippen LogP contribution < -0.4 is 5.32 Å². The van der Waals surface area contributed by atoms with Crippen LogP contribution in [0.15, 0.2) is 12.3 Å². The van der Waals surface area contributed by atoms with Crippen molar-refractivity contribution >= 4 is 5.91 Å². The van der Waals surface area contributed by atoms with E-state index in [2.05, 4.69) is 36.2 Å². The minimum atomic E-state index is -0.0792. The van der Waals surface area contributed by atoms with E-state index in [0.29, 0.717) is 24.7 Å². The van der Waals surface area contributed by atoms with Gasteiger partial charge in [-0.3, -0.25) is 9.48 Å². The molecule has 2 aliphatic rings. The first-order valence-electron chi connectivity index (χ1n) is 9.72. The number of hydrogen-bond acceptors (Lipinski definition) is 5. The minimum absolute atomic E-state index is 0.0234. The largest absolute Gasteiger partial charge is 0.332 e. The highest BCUT2D eigenvalue weighted by Gasteiger charge is 2.28. The van der Waals surface area contributed by atoms with Crippen LogP contribution in [0.25, 0.3) is 0 Å². The number of carbonyl (C=O) groups is 1. The first-order valence-corrected chi connectivity index (χ1v) is 9.72. The number of aryl methyl sites for hydroxylation is 1. The van der Waals surface area contributed by atoms with Crippen molar-refractivity contribution in [3.05, 3.63) is 40.7 Å². The molecule has 4 heterocycles. The van der Waals surface area contributed by atoms with Gasteiger partial charge in [-0.1, -0.05) is 20.8 Å². The zero-order valence-electron chi connectivity index (χ0n) is 16.6. The van der Waals surface area contributed by atoms with Gasteiger partial charge in [-0.05, 0) is 19.0 Å². The summed E-state index contributed by atoms with van der Waals surface area (Å²) in [7, 11) is 1.84. The van der Waals surface area contributed by atoms with Crippen LogP contribution in [0.4, 0.5) is 0 Å². The molecule has 0 bridgehead atoms. The van der Waals surface area contributed by atoms with Crippen LogP contribution in [0.3, 0.4) is 0 Å². The van der Waals surface area contributed by atoms with Gasteiger partial charge in [-0.2, -0.15) is 5.10 Å². The second kappa shape index (κ2) is 6.71. The molecule has 7 heteroatoms. The van der Waals surface area contributed by atoms with Crippen molar-refractivity contribution in [2.75, 3.05) is 19.6 Å². The summed E-state index contributed by atoms with van der Waals surface area (Å²) in [6.07, 6.45) is 3.79. The van der Waals surface area contributed by atoms with Gasteiger partial charge < -0.3 is 10.2 Å². The van der Waals surface area contributed by atoms with Gasteiger partial charge in [0.2, 0.25) is 0 Å². The van der Waals surface area contributed by atoms with Crippen LogP contribution in [0.5, 0.6) is 0 Å². The number of amides is 1. The number of nitrogens with one attached hydrogen (secondary N) is 1. The fourth-order valence-electron chi connectivity index (χ4n) is 3.77. The molecule has 0 unspecified atom stereocenters. The predicted molar refractivity (Wildman–Crippen MR) is 103 cm³/mol. The van der Waals surface area contributed by atoms with Crippen LogP contribution in [0.1, 0.15) is 66.4 Å². The summed E-state index contributed by atoms with van der Waals surface area (Å²) in [5, 5.41) is 7.90. The second-order valence-electron chi connectivity index (χ2n) is 8.65. The summed E-state index contributed by atoms with van der Waals surface area (Å²) in [6, 6.07) is 1.92. The van der Waals surface area contributed by atoms with Crippen LogP contribution >= 0.6 is 0 Å². The summed E-state index contributed by atoms with van der Waals surface area (Å²) in [5.74, 6) is 1.38. The molecule has 4 rings (SSSR count). The third kappa shape index (κ3) is 3.48. The molecule has 1 fully saturated rings. The molecule has 0 spiro atoms. The molecule has 2 aromatic heterocycles. The Labute approximate surface area is 160 Å². The van der Waals surface area contributed by atoms with Gasteiger partial charge in [0.1, 0.15) is 11.5 Å². The molecular weight excluding hydrogens is 340 g/mol. The monoisotopic (exact) mass is 368 g/mol. The maximum Gasteiger partial charge on any atom is 0.272 e. The van der Waals surface area contributed by atoms with E-state index >= 15 is 0 Å². The standard InChI is InChI=1S/C20H28N6O/c1-20(2,3)17-9-16(25(4)24-17)19(27)26-8-6-15-14(12-26)11-22-18(23-15)13-5-7-21-10-13/h9,11,13,21H,5-8,10,12H2,1-4H3/t13-/m1/s1. The lowest BCUT2D eigenvalue weighted by molar-refractivity contribution is 0.0722. The molecule has 0 aliphatic carbocycles. The topological polar surface area (TPSA) is 75.9 Å². The molecule has 1 saturated heterocycles. The molecule has 1 atom stereocenters. The van der Waals surface area contributed by atoms with Gasteiger partial charge >= 0.3 is 0 Å². The molecule has 1 amide bonds. The lowest BCUT2D eigenvalue weighted by Crippen LogP contribution is -2.37. The summed E-state index contributed by atoms with van der Waals surface area (Å²) >= 11 is 0. The number of nitrogens with zero attached hydrogens (tertiary/aromatic N) is 5. The van der Waals surface area contributed by atoms with Crippen LogP contribution in [0.2, 0.25) is 0 Å². The van der Waals surface area contributed by atoms with E-state index in [0.717, 1.165) is 48.7 Å². The van der Waals surface area contributed by atoms with Crippen molar-refractivity contribution in [1.29, 1.82) is 0 Å². The van der Waals surface area contributed by atoms with E-state index in [1.165, 1.54) is 0 Å². The quantitative estimate of drug-likeness (QED) is 0.874. The minimum Gasteiger partial charge on any atom is -0.332 e. The lowest BCUT2D eigenvalue weighted by atomic mass is 9.92. The summed E-state index contributed by atoms with van der Waals surface area (Å²) < 4.78 is 1.70. The van der Waals surface area contributed by atoms with E-state index in [9.17, 15) is 4.79 Å². The smallest absolute Gasteiger partial charge is 0.272 e. The third-order valence-electron chi connectivity index (χ3n) is 5.53. The molecular formula is C20H28N6O. The number of carbonyl (C=O) groups excluding carboxylic acids is 1.